The van der Waals surface area contributed by atoms with Crippen molar-refractivity contribution in [2.24, 2.45) is 0 Å². The average Bonchev–Trinajstić information content (AvgIpc) is 3.39. The van der Waals surface area contributed by atoms with Gasteiger partial charge in [-0.1, -0.05) is 243 Å². The number of unbranched alkanes of at least 4 members (excludes halogenated alkanes) is 13. The molecule has 0 aromatic rings. The van der Waals surface area contributed by atoms with E-state index in [0.29, 0.717) is 19.3 Å². The van der Waals surface area contributed by atoms with Crippen LogP contribution in [0, 0.1) is 0 Å². The highest BCUT2D eigenvalue weighted by molar-refractivity contribution is 5.71. The lowest BCUT2D eigenvalue weighted by Gasteiger charge is -2.18. The van der Waals surface area contributed by atoms with Gasteiger partial charge in [0.1, 0.15) is 13.2 Å². The van der Waals surface area contributed by atoms with Crippen LogP contribution in [-0.4, -0.2) is 37.2 Å². The molecule has 1 unspecified atom stereocenters. The molecule has 0 aliphatic carbocycles. The van der Waals surface area contributed by atoms with Crippen molar-refractivity contribution in [1.82, 2.24) is 0 Å². The van der Waals surface area contributed by atoms with Gasteiger partial charge in [0.2, 0.25) is 0 Å². The molecule has 0 saturated heterocycles. The summed E-state index contributed by atoms with van der Waals surface area (Å²) in [6, 6.07) is 0. The summed E-state index contributed by atoms with van der Waals surface area (Å²) in [4.78, 5) is 38.1. The number of allylic oxidation sites excluding steroid dienone is 26. The van der Waals surface area contributed by atoms with Crippen LogP contribution in [0.15, 0.2) is 158 Å². The minimum Gasteiger partial charge on any atom is -0.462 e. The lowest BCUT2D eigenvalue weighted by atomic mass is 10.0. The molecule has 0 N–H and O–H groups in total. The van der Waals surface area contributed by atoms with Crippen LogP contribution in [0.3, 0.4) is 0 Å². The number of carbonyl (C=O) groups is 3. The van der Waals surface area contributed by atoms with E-state index in [1.165, 1.54) is 64.2 Å². The highest BCUT2D eigenvalue weighted by atomic mass is 16.6. The van der Waals surface area contributed by atoms with Gasteiger partial charge in [-0.15, -0.1) is 0 Å². The van der Waals surface area contributed by atoms with E-state index in [9.17, 15) is 14.4 Å². The number of carbonyl (C=O) groups excluding carboxylic acids is 3. The van der Waals surface area contributed by atoms with Crippen molar-refractivity contribution < 1.29 is 28.6 Å². The first-order chi connectivity index (χ1) is 36.0. The molecule has 0 rings (SSSR count). The van der Waals surface area contributed by atoms with E-state index < -0.39 is 12.1 Å². The van der Waals surface area contributed by atoms with E-state index >= 15 is 0 Å². The zero-order valence-corrected chi connectivity index (χ0v) is 46.6. The van der Waals surface area contributed by atoms with Crippen molar-refractivity contribution in [2.75, 3.05) is 13.2 Å². The lowest BCUT2D eigenvalue weighted by Crippen LogP contribution is -2.30. The molecule has 0 aromatic heterocycles. The smallest absolute Gasteiger partial charge is 0.306 e. The molecule has 6 heteroatoms. The van der Waals surface area contributed by atoms with Gasteiger partial charge < -0.3 is 14.2 Å². The molecular weight excluding hydrogens is 901 g/mol. The third-order valence-electron chi connectivity index (χ3n) is 11.5. The average molecular weight is 1010 g/mol. The van der Waals surface area contributed by atoms with E-state index in [1.54, 1.807) is 0 Å². The number of rotatable bonds is 50. The first-order valence-corrected chi connectivity index (χ1v) is 29.0. The Bertz CT molecular complexity index is 1670. The second-order valence-corrected chi connectivity index (χ2v) is 18.4. The van der Waals surface area contributed by atoms with Crippen LogP contribution in [0.1, 0.15) is 226 Å². The van der Waals surface area contributed by atoms with Gasteiger partial charge >= 0.3 is 17.9 Å². The molecule has 0 aliphatic heterocycles. The van der Waals surface area contributed by atoms with Crippen LogP contribution in [-0.2, 0) is 28.6 Å². The SMILES string of the molecule is CC/C=C\C/C=C\C/C=C\C/C=C\C/C=C\CCCC(=O)OC(COC(=O)CC/C=C\C/C=C\C/C=C\C/C=C\CC)COC(=O)CCCCCCCCCCCCCC/C=C\C/C=C\C/C=C\C/C=C\CC. The van der Waals surface area contributed by atoms with Crippen LogP contribution in [0.2, 0.25) is 0 Å². The Balaban J connectivity index is 4.46. The van der Waals surface area contributed by atoms with Gasteiger partial charge in [-0.3, -0.25) is 14.4 Å². The van der Waals surface area contributed by atoms with E-state index in [4.69, 9.17) is 14.2 Å². The summed E-state index contributed by atoms with van der Waals surface area (Å²) < 4.78 is 16.7. The maximum absolute atomic E-state index is 12.8. The van der Waals surface area contributed by atoms with Crippen LogP contribution < -0.4 is 0 Å². The molecule has 0 aliphatic rings. The number of hydrogen-bond donors (Lipinski definition) is 0. The van der Waals surface area contributed by atoms with Gasteiger partial charge in [0.15, 0.2) is 6.10 Å². The Labute approximate surface area is 448 Å². The highest BCUT2D eigenvalue weighted by Crippen LogP contribution is 2.14. The van der Waals surface area contributed by atoms with Gasteiger partial charge in [0, 0.05) is 19.3 Å². The zero-order chi connectivity index (χ0) is 52.9. The molecule has 6 nitrogen and oxygen atoms in total. The first kappa shape index (κ1) is 68.0. The van der Waals surface area contributed by atoms with E-state index in [-0.39, 0.29) is 38.0 Å². The Morgan fingerprint density at radius 3 is 0.890 bits per heavy atom. The minimum atomic E-state index is -0.845. The van der Waals surface area contributed by atoms with Crippen molar-refractivity contribution in [3.05, 3.63) is 158 Å². The van der Waals surface area contributed by atoms with Crippen LogP contribution >= 0.6 is 0 Å². The summed E-state index contributed by atoms with van der Waals surface area (Å²) >= 11 is 0. The standard InChI is InChI=1S/C67H104O6/c1-4-7-10-13-16-19-22-25-27-29-30-31-32-33-34-35-36-38-39-42-45-48-51-54-57-60-66(69)72-63-64(62-71-65(68)59-56-53-50-47-44-41-24-21-18-15-12-9-6-3)73-67(70)61-58-55-52-49-46-43-40-37-28-26-23-20-17-14-11-8-5-2/h7-12,16-21,25-28,30-31,40-41,43-44,49-50,52-53,64H,4-6,13-15,22-24,29,32-39,42,45-48,51,54-63H2,1-3H3/b10-7-,11-8-,12-9-,19-16-,20-17-,21-18-,27-25-,28-26-,31-30-,43-40-,44-41-,52-49-,53-50-. The monoisotopic (exact) mass is 1000 g/mol. The van der Waals surface area contributed by atoms with Crippen molar-refractivity contribution in [3.8, 4) is 0 Å². The molecule has 408 valence electrons. The Morgan fingerprint density at radius 2 is 0.534 bits per heavy atom. The van der Waals surface area contributed by atoms with Gasteiger partial charge in [-0.2, -0.15) is 0 Å². The van der Waals surface area contributed by atoms with Crippen molar-refractivity contribution in [2.45, 2.75) is 232 Å². The van der Waals surface area contributed by atoms with Crippen LogP contribution in [0.25, 0.3) is 0 Å². The Morgan fingerprint density at radius 1 is 0.274 bits per heavy atom. The topological polar surface area (TPSA) is 78.9 Å². The summed E-state index contributed by atoms with van der Waals surface area (Å²) in [5.41, 5.74) is 0. The second-order valence-electron chi connectivity index (χ2n) is 18.4. The van der Waals surface area contributed by atoms with Gasteiger partial charge in [0.25, 0.3) is 0 Å². The predicted molar refractivity (Wildman–Crippen MR) is 315 cm³/mol. The minimum absolute atomic E-state index is 0.130. The Hall–Kier alpha value is -4.97. The zero-order valence-electron chi connectivity index (χ0n) is 46.6. The van der Waals surface area contributed by atoms with Gasteiger partial charge in [0.05, 0.1) is 0 Å². The molecule has 0 saturated carbocycles. The quantitative estimate of drug-likeness (QED) is 0.0261. The van der Waals surface area contributed by atoms with Gasteiger partial charge in [-0.05, 0) is 122 Å². The largest absolute Gasteiger partial charge is 0.462 e. The second kappa shape index (κ2) is 59.6. The van der Waals surface area contributed by atoms with Crippen molar-refractivity contribution >= 4 is 17.9 Å². The molecule has 0 aromatic carbocycles. The van der Waals surface area contributed by atoms with Crippen LogP contribution in [0.5, 0.6) is 0 Å². The fourth-order valence-electron chi connectivity index (χ4n) is 7.31. The molecule has 73 heavy (non-hydrogen) atoms. The molecule has 0 radical (unpaired) electrons. The normalized spacial score (nSPS) is 13.3. The first-order valence-electron chi connectivity index (χ1n) is 29.0. The van der Waals surface area contributed by atoms with Crippen molar-refractivity contribution in [1.29, 1.82) is 0 Å². The van der Waals surface area contributed by atoms with Crippen molar-refractivity contribution in [3.63, 3.8) is 0 Å². The molecule has 1 atom stereocenters. The molecule has 0 heterocycles. The lowest BCUT2D eigenvalue weighted by molar-refractivity contribution is -0.166. The molecule has 0 spiro atoms. The summed E-state index contributed by atoms with van der Waals surface area (Å²) in [6.45, 7) is 6.17. The maximum atomic E-state index is 12.8. The number of esters is 3. The fraction of sp³-hybridized carbons (Fsp3) is 0.567. The molecule has 0 fully saturated rings. The highest BCUT2D eigenvalue weighted by Gasteiger charge is 2.19. The van der Waals surface area contributed by atoms with Crippen LogP contribution in [0.4, 0.5) is 0 Å². The third-order valence-corrected chi connectivity index (χ3v) is 11.5. The summed E-state index contributed by atoms with van der Waals surface area (Å²) in [5.74, 6) is -1.08. The number of ether oxygens (including phenoxy) is 3. The third kappa shape index (κ3) is 57.8. The summed E-state index contributed by atoms with van der Waals surface area (Å²) in [6.07, 6.45) is 86.9. The summed E-state index contributed by atoms with van der Waals surface area (Å²) in [7, 11) is 0. The molecule has 0 bridgehead atoms. The van der Waals surface area contributed by atoms with Gasteiger partial charge in [-0.25, -0.2) is 0 Å². The van der Waals surface area contributed by atoms with E-state index in [1.807, 2.05) is 12.2 Å². The predicted octanol–water partition coefficient (Wildman–Crippen LogP) is 19.8. The van der Waals surface area contributed by atoms with E-state index in [0.717, 1.165) is 109 Å². The molecule has 0 amide bonds. The number of hydrogen-bond acceptors (Lipinski definition) is 6. The summed E-state index contributed by atoms with van der Waals surface area (Å²) in [5, 5.41) is 0. The fourth-order valence-corrected chi connectivity index (χ4v) is 7.31. The Kier molecular flexibility index (Phi) is 55.5. The molecular formula is C67H104O6. The maximum Gasteiger partial charge on any atom is 0.306 e. The van der Waals surface area contributed by atoms with E-state index in [2.05, 4.69) is 167 Å².